The standard InChI is InChI=1S/C9H15ClO2/c1-6-3-4-7(2)8(5-6)12-9(10)11/h6-8H,3-5H2,1-2H3. The van der Waals surface area contributed by atoms with Crippen molar-refractivity contribution in [2.75, 3.05) is 0 Å². The Kier molecular flexibility index (Phi) is 3.39. The minimum absolute atomic E-state index is 0.0405. The van der Waals surface area contributed by atoms with Crippen molar-refractivity contribution in [3.8, 4) is 0 Å². The first-order chi connectivity index (χ1) is 5.59. The van der Waals surface area contributed by atoms with E-state index in [1.54, 1.807) is 0 Å². The van der Waals surface area contributed by atoms with Gasteiger partial charge >= 0.3 is 5.43 Å². The second-order valence-corrected chi connectivity index (χ2v) is 4.10. The lowest BCUT2D eigenvalue weighted by Gasteiger charge is -2.31. The van der Waals surface area contributed by atoms with Crippen LogP contribution in [0.15, 0.2) is 0 Å². The SMILES string of the molecule is CC1CCC(C)C(OC(=O)Cl)C1. The smallest absolute Gasteiger partial charge is 0.404 e. The number of hydrogen-bond acceptors (Lipinski definition) is 2. The molecule has 0 aromatic carbocycles. The van der Waals surface area contributed by atoms with Crippen molar-refractivity contribution in [1.29, 1.82) is 0 Å². The predicted octanol–water partition coefficient (Wildman–Crippen LogP) is 3.19. The Morgan fingerprint density at radius 1 is 1.42 bits per heavy atom. The van der Waals surface area contributed by atoms with Crippen molar-refractivity contribution >= 4 is 17.0 Å². The fourth-order valence-corrected chi connectivity index (χ4v) is 1.88. The molecule has 0 saturated heterocycles. The van der Waals surface area contributed by atoms with E-state index >= 15 is 0 Å². The van der Waals surface area contributed by atoms with Gasteiger partial charge in [-0.25, -0.2) is 4.79 Å². The van der Waals surface area contributed by atoms with Gasteiger partial charge in [-0.3, -0.25) is 0 Å². The van der Waals surface area contributed by atoms with Crippen LogP contribution in [0, 0.1) is 11.8 Å². The van der Waals surface area contributed by atoms with Gasteiger partial charge in [0.25, 0.3) is 0 Å². The third kappa shape index (κ3) is 2.67. The lowest BCUT2D eigenvalue weighted by atomic mass is 9.82. The summed E-state index contributed by atoms with van der Waals surface area (Å²) in [7, 11) is 0. The third-order valence-electron chi connectivity index (χ3n) is 2.63. The molecule has 12 heavy (non-hydrogen) atoms. The lowest BCUT2D eigenvalue weighted by Crippen LogP contribution is -2.29. The Hall–Kier alpha value is -0.240. The molecule has 1 rings (SSSR count). The first-order valence-corrected chi connectivity index (χ1v) is 4.83. The number of hydrogen-bond donors (Lipinski definition) is 0. The van der Waals surface area contributed by atoms with Gasteiger partial charge in [-0.1, -0.05) is 20.3 Å². The van der Waals surface area contributed by atoms with Gasteiger partial charge in [-0.05, 0) is 24.7 Å². The van der Waals surface area contributed by atoms with Crippen LogP contribution in [0.3, 0.4) is 0 Å². The molecule has 70 valence electrons. The minimum Gasteiger partial charge on any atom is -0.450 e. The summed E-state index contributed by atoms with van der Waals surface area (Å²) >= 11 is 5.16. The molecule has 0 N–H and O–H groups in total. The van der Waals surface area contributed by atoms with Crippen molar-refractivity contribution in [2.24, 2.45) is 11.8 Å². The second kappa shape index (κ2) is 4.13. The molecule has 1 saturated carbocycles. The van der Waals surface area contributed by atoms with Crippen molar-refractivity contribution in [2.45, 2.75) is 39.2 Å². The van der Waals surface area contributed by atoms with E-state index in [1.807, 2.05) is 0 Å². The van der Waals surface area contributed by atoms with Crippen molar-refractivity contribution in [1.82, 2.24) is 0 Å². The Morgan fingerprint density at radius 3 is 2.67 bits per heavy atom. The number of carbonyl (C=O) groups excluding carboxylic acids is 1. The molecule has 0 aliphatic heterocycles. The van der Waals surface area contributed by atoms with Crippen LogP contribution in [-0.2, 0) is 4.74 Å². The van der Waals surface area contributed by atoms with Crippen LogP contribution in [0.1, 0.15) is 33.1 Å². The quantitative estimate of drug-likeness (QED) is 0.594. The van der Waals surface area contributed by atoms with E-state index in [1.165, 1.54) is 6.42 Å². The number of rotatable bonds is 1. The molecule has 1 aliphatic rings. The van der Waals surface area contributed by atoms with Gasteiger partial charge < -0.3 is 4.74 Å². The van der Waals surface area contributed by atoms with Gasteiger partial charge in [0.2, 0.25) is 0 Å². The first kappa shape index (κ1) is 9.85. The monoisotopic (exact) mass is 190 g/mol. The molecular weight excluding hydrogens is 176 g/mol. The maximum Gasteiger partial charge on any atom is 0.404 e. The highest BCUT2D eigenvalue weighted by molar-refractivity contribution is 6.61. The number of carbonyl (C=O) groups is 1. The van der Waals surface area contributed by atoms with Crippen LogP contribution in [0.5, 0.6) is 0 Å². The Bertz CT molecular complexity index is 170. The summed E-state index contributed by atoms with van der Waals surface area (Å²) in [6.07, 6.45) is 3.37. The fourth-order valence-electron chi connectivity index (χ4n) is 1.76. The fraction of sp³-hybridized carbons (Fsp3) is 0.889. The van der Waals surface area contributed by atoms with E-state index in [2.05, 4.69) is 13.8 Å². The second-order valence-electron chi connectivity index (χ2n) is 3.79. The molecule has 0 aromatic heterocycles. The molecule has 3 heteroatoms. The molecule has 0 amide bonds. The highest BCUT2D eigenvalue weighted by Gasteiger charge is 2.27. The minimum atomic E-state index is -0.666. The van der Waals surface area contributed by atoms with E-state index in [9.17, 15) is 4.79 Å². The maximum absolute atomic E-state index is 10.5. The van der Waals surface area contributed by atoms with Crippen LogP contribution in [-0.4, -0.2) is 11.5 Å². The molecular formula is C9H15ClO2. The third-order valence-corrected chi connectivity index (χ3v) is 2.72. The van der Waals surface area contributed by atoms with Gasteiger partial charge in [-0.15, -0.1) is 0 Å². The van der Waals surface area contributed by atoms with Gasteiger partial charge in [0.1, 0.15) is 6.10 Å². The molecule has 3 atom stereocenters. The zero-order valence-corrected chi connectivity index (χ0v) is 8.30. The highest BCUT2D eigenvalue weighted by atomic mass is 35.5. The van der Waals surface area contributed by atoms with Gasteiger partial charge in [0.05, 0.1) is 0 Å². The van der Waals surface area contributed by atoms with Crippen molar-refractivity contribution in [3.05, 3.63) is 0 Å². The molecule has 1 aliphatic carbocycles. The number of ether oxygens (including phenoxy) is 1. The highest BCUT2D eigenvalue weighted by Crippen LogP contribution is 2.30. The maximum atomic E-state index is 10.5. The lowest BCUT2D eigenvalue weighted by molar-refractivity contribution is 0.0433. The Morgan fingerprint density at radius 2 is 2.08 bits per heavy atom. The van der Waals surface area contributed by atoms with Crippen LogP contribution < -0.4 is 0 Å². The summed E-state index contributed by atoms with van der Waals surface area (Å²) < 4.78 is 5.00. The molecule has 0 spiro atoms. The molecule has 1 fully saturated rings. The summed E-state index contributed by atoms with van der Waals surface area (Å²) in [4.78, 5) is 10.5. The zero-order valence-electron chi connectivity index (χ0n) is 7.55. The first-order valence-electron chi connectivity index (χ1n) is 4.45. The van der Waals surface area contributed by atoms with Crippen molar-refractivity contribution in [3.63, 3.8) is 0 Å². The average molecular weight is 191 g/mol. The van der Waals surface area contributed by atoms with Crippen LogP contribution in [0.2, 0.25) is 0 Å². The van der Waals surface area contributed by atoms with E-state index in [4.69, 9.17) is 16.3 Å². The van der Waals surface area contributed by atoms with Crippen LogP contribution in [0.4, 0.5) is 4.79 Å². The molecule has 3 unspecified atom stereocenters. The largest absolute Gasteiger partial charge is 0.450 e. The van der Waals surface area contributed by atoms with Gasteiger partial charge in [0.15, 0.2) is 0 Å². The molecule has 0 heterocycles. The Labute approximate surface area is 78.2 Å². The molecule has 0 aromatic rings. The summed E-state index contributed by atoms with van der Waals surface area (Å²) in [6.45, 7) is 4.29. The average Bonchev–Trinajstić information content (AvgIpc) is 1.96. The summed E-state index contributed by atoms with van der Waals surface area (Å²) in [5.41, 5.74) is -0.666. The molecule has 0 bridgehead atoms. The molecule has 0 radical (unpaired) electrons. The van der Waals surface area contributed by atoms with Crippen LogP contribution in [0.25, 0.3) is 0 Å². The predicted molar refractivity (Wildman–Crippen MR) is 48.3 cm³/mol. The van der Waals surface area contributed by atoms with E-state index in [0.717, 1.165) is 12.8 Å². The van der Waals surface area contributed by atoms with Gasteiger partial charge in [-0.2, -0.15) is 0 Å². The summed E-state index contributed by atoms with van der Waals surface area (Å²) in [5.74, 6) is 1.12. The Balaban J connectivity index is 2.43. The topological polar surface area (TPSA) is 26.3 Å². The van der Waals surface area contributed by atoms with Crippen molar-refractivity contribution < 1.29 is 9.53 Å². The van der Waals surface area contributed by atoms with Gasteiger partial charge in [0, 0.05) is 11.6 Å². The molecule has 2 nitrogen and oxygen atoms in total. The summed E-state index contributed by atoms with van der Waals surface area (Å²) in [6, 6.07) is 0. The van der Waals surface area contributed by atoms with E-state index in [-0.39, 0.29) is 6.10 Å². The normalized spacial score (nSPS) is 36.1. The summed E-state index contributed by atoms with van der Waals surface area (Å²) in [5, 5.41) is 0. The zero-order chi connectivity index (χ0) is 9.14. The van der Waals surface area contributed by atoms with E-state index in [0.29, 0.717) is 11.8 Å². The van der Waals surface area contributed by atoms with Crippen LogP contribution >= 0.6 is 11.6 Å². The number of halogens is 1. The van der Waals surface area contributed by atoms with E-state index < -0.39 is 5.43 Å².